The molecule has 21 heavy (non-hydrogen) atoms. The van der Waals surface area contributed by atoms with E-state index in [1.54, 1.807) is 12.1 Å². The van der Waals surface area contributed by atoms with E-state index in [0.29, 0.717) is 17.1 Å². The van der Waals surface area contributed by atoms with E-state index in [0.717, 1.165) is 22.3 Å². The number of halogens is 2. The zero-order valence-corrected chi connectivity index (χ0v) is 12.3. The van der Waals surface area contributed by atoms with Gasteiger partial charge in [0.1, 0.15) is 5.82 Å². The monoisotopic (exact) mass is 300 g/mol. The lowest BCUT2D eigenvalue weighted by molar-refractivity contribution is 0.613. The van der Waals surface area contributed by atoms with Crippen LogP contribution in [0.1, 0.15) is 11.3 Å². The second-order valence-electron chi connectivity index (χ2n) is 4.92. The minimum absolute atomic E-state index is 0.267. The predicted molar refractivity (Wildman–Crippen MR) is 85.2 cm³/mol. The molecule has 0 saturated carbocycles. The fraction of sp³-hybridized carbons (Fsp3) is 0.118. The van der Waals surface area contributed by atoms with E-state index in [9.17, 15) is 4.39 Å². The SMILES string of the molecule is Cc1ccc2cccc(NCc3cc(Cl)ccc3F)c2n1. The van der Waals surface area contributed by atoms with E-state index < -0.39 is 0 Å². The predicted octanol–water partition coefficient (Wildman–Crippen LogP) is 4.95. The summed E-state index contributed by atoms with van der Waals surface area (Å²) in [6.45, 7) is 2.31. The van der Waals surface area contributed by atoms with Crippen molar-refractivity contribution in [3.05, 3.63) is 70.6 Å². The maximum atomic E-state index is 13.7. The molecule has 0 amide bonds. The Morgan fingerprint density at radius 3 is 2.86 bits per heavy atom. The molecule has 1 N–H and O–H groups in total. The van der Waals surface area contributed by atoms with Gasteiger partial charge < -0.3 is 5.32 Å². The zero-order chi connectivity index (χ0) is 14.8. The number of nitrogens with one attached hydrogen (secondary N) is 1. The number of anilines is 1. The third-order valence-corrected chi connectivity index (χ3v) is 3.57. The molecule has 0 bridgehead atoms. The van der Waals surface area contributed by atoms with Crippen molar-refractivity contribution in [3.63, 3.8) is 0 Å². The number of aryl methyl sites for hydroxylation is 1. The number of hydrogen-bond donors (Lipinski definition) is 1. The summed E-state index contributed by atoms with van der Waals surface area (Å²) in [6.07, 6.45) is 0. The Bertz CT molecular complexity index is 802. The van der Waals surface area contributed by atoms with Crippen molar-refractivity contribution in [2.24, 2.45) is 0 Å². The van der Waals surface area contributed by atoms with E-state index in [1.165, 1.54) is 6.07 Å². The summed E-state index contributed by atoms with van der Waals surface area (Å²) in [5, 5.41) is 4.82. The quantitative estimate of drug-likeness (QED) is 0.740. The number of nitrogens with zero attached hydrogens (tertiary/aromatic N) is 1. The fourth-order valence-corrected chi connectivity index (χ4v) is 2.45. The van der Waals surface area contributed by atoms with Crippen molar-refractivity contribution in [2.75, 3.05) is 5.32 Å². The van der Waals surface area contributed by atoms with Crippen LogP contribution in [0.2, 0.25) is 5.02 Å². The first-order valence-electron chi connectivity index (χ1n) is 6.68. The van der Waals surface area contributed by atoms with Crippen molar-refractivity contribution < 1.29 is 4.39 Å². The van der Waals surface area contributed by atoms with E-state index in [2.05, 4.69) is 10.3 Å². The van der Waals surface area contributed by atoms with Crippen LogP contribution in [0.4, 0.5) is 10.1 Å². The van der Waals surface area contributed by atoms with Crippen LogP contribution in [0.25, 0.3) is 10.9 Å². The Labute approximate surface area is 127 Å². The summed E-state index contributed by atoms with van der Waals surface area (Å²) in [5.41, 5.74) is 3.26. The highest BCUT2D eigenvalue weighted by atomic mass is 35.5. The molecule has 1 aromatic heterocycles. The molecule has 3 aromatic rings. The Morgan fingerprint density at radius 1 is 1.14 bits per heavy atom. The smallest absolute Gasteiger partial charge is 0.128 e. The molecule has 2 nitrogen and oxygen atoms in total. The van der Waals surface area contributed by atoms with Gasteiger partial charge in [-0.15, -0.1) is 0 Å². The maximum absolute atomic E-state index is 13.7. The van der Waals surface area contributed by atoms with Crippen molar-refractivity contribution in [1.29, 1.82) is 0 Å². The van der Waals surface area contributed by atoms with Crippen LogP contribution in [0.15, 0.2) is 48.5 Å². The van der Waals surface area contributed by atoms with Gasteiger partial charge in [-0.05, 0) is 37.3 Å². The van der Waals surface area contributed by atoms with Crippen LogP contribution in [-0.2, 0) is 6.54 Å². The number of para-hydroxylation sites is 1. The molecule has 0 atom stereocenters. The zero-order valence-electron chi connectivity index (χ0n) is 11.5. The number of hydrogen-bond acceptors (Lipinski definition) is 2. The third kappa shape index (κ3) is 2.98. The van der Waals surface area contributed by atoms with Crippen LogP contribution in [0.5, 0.6) is 0 Å². The maximum Gasteiger partial charge on any atom is 0.128 e. The second-order valence-corrected chi connectivity index (χ2v) is 5.36. The largest absolute Gasteiger partial charge is 0.379 e. The van der Waals surface area contributed by atoms with E-state index in [1.807, 2.05) is 37.3 Å². The summed E-state index contributed by atoms with van der Waals surface area (Å²) in [7, 11) is 0. The molecule has 0 saturated heterocycles. The van der Waals surface area contributed by atoms with Crippen molar-refractivity contribution in [1.82, 2.24) is 4.98 Å². The van der Waals surface area contributed by atoms with E-state index in [-0.39, 0.29) is 5.82 Å². The summed E-state index contributed by atoms with van der Waals surface area (Å²) in [6, 6.07) is 14.5. The topological polar surface area (TPSA) is 24.9 Å². The fourth-order valence-electron chi connectivity index (χ4n) is 2.26. The molecule has 3 rings (SSSR count). The van der Waals surface area contributed by atoms with E-state index in [4.69, 9.17) is 11.6 Å². The standard InChI is InChI=1S/C17H14ClFN2/c1-11-5-6-12-3-2-4-16(17(12)21-11)20-10-13-9-14(18)7-8-15(13)19/h2-9,20H,10H2,1H3. The summed E-state index contributed by atoms with van der Waals surface area (Å²) in [4.78, 5) is 4.55. The van der Waals surface area contributed by atoms with Crippen LogP contribution < -0.4 is 5.32 Å². The highest BCUT2D eigenvalue weighted by molar-refractivity contribution is 6.30. The lowest BCUT2D eigenvalue weighted by atomic mass is 10.1. The average molecular weight is 301 g/mol. The molecule has 0 aliphatic rings. The third-order valence-electron chi connectivity index (χ3n) is 3.34. The molecule has 0 spiro atoms. The molecule has 1 heterocycles. The van der Waals surface area contributed by atoms with Gasteiger partial charge in [0.15, 0.2) is 0 Å². The molecule has 4 heteroatoms. The van der Waals surface area contributed by atoms with Gasteiger partial charge in [0.05, 0.1) is 11.2 Å². The highest BCUT2D eigenvalue weighted by Gasteiger charge is 2.06. The average Bonchev–Trinajstić information content (AvgIpc) is 2.48. The first-order valence-corrected chi connectivity index (χ1v) is 7.05. The van der Waals surface area contributed by atoms with Crippen LogP contribution >= 0.6 is 11.6 Å². The number of pyridine rings is 1. The van der Waals surface area contributed by atoms with Gasteiger partial charge in [-0.1, -0.05) is 29.8 Å². The van der Waals surface area contributed by atoms with Gasteiger partial charge in [-0.25, -0.2) is 4.39 Å². The molecule has 2 aromatic carbocycles. The van der Waals surface area contributed by atoms with Gasteiger partial charge in [0, 0.05) is 28.2 Å². The molecule has 106 valence electrons. The first kappa shape index (κ1) is 13.8. The van der Waals surface area contributed by atoms with Crippen molar-refractivity contribution >= 4 is 28.2 Å². The molecular weight excluding hydrogens is 287 g/mol. The van der Waals surface area contributed by atoms with Gasteiger partial charge in [0.25, 0.3) is 0 Å². The Morgan fingerprint density at radius 2 is 2.00 bits per heavy atom. The molecule has 0 aliphatic heterocycles. The van der Waals surface area contributed by atoms with E-state index >= 15 is 0 Å². The van der Waals surface area contributed by atoms with Crippen molar-refractivity contribution in [3.8, 4) is 0 Å². The number of fused-ring (bicyclic) bond motifs is 1. The number of rotatable bonds is 3. The molecular formula is C17H14ClFN2. The van der Waals surface area contributed by atoms with Crippen LogP contribution in [0.3, 0.4) is 0 Å². The highest BCUT2D eigenvalue weighted by Crippen LogP contribution is 2.23. The number of benzene rings is 2. The van der Waals surface area contributed by atoms with Gasteiger partial charge in [0.2, 0.25) is 0 Å². The van der Waals surface area contributed by atoms with Gasteiger partial charge >= 0.3 is 0 Å². The summed E-state index contributed by atoms with van der Waals surface area (Å²) < 4.78 is 13.7. The Kier molecular flexibility index (Phi) is 3.76. The van der Waals surface area contributed by atoms with Gasteiger partial charge in [-0.2, -0.15) is 0 Å². The number of aromatic nitrogens is 1. The minimum Gasteiger partial charge on any atom is -0.379 e. The lowest BCUT2D eigenvalue weighted by Gasteiger charge is -2.10. The molecule has 0 fully saturated rings. The second kappa shape index (κ2) is 5.70. The van der Waals surface area contributed by atoms with Crippen LogP contribution in [-0.4, -0.2) is 4.98 Å². The molecule has 0 aliphatic carbocycles. The summed E-state index contributed by atoms with van der Waals surface area (Å²) >= 11 is 5.91. The van der Waals surface area contributed by atoms with Crippen LogP contribution in [0, 0.1) is 12.7 Å². The molecule has 0 radical (unpaired) electrons. The van der Waals surface area contributed by atoms with Crippen molar-refractivity contribution in [2.45, 2.75) is 13.5 Å². The summed E-state index contributed by atoms with van der Waals surface area (Å²) in [5.74, 6) is -0.267. The lowest BCUT2D eigenvalue weighted by Crippen LogP contribution is -2.03. The minimum atomic E-state index is -0.267. The first-order chi connectivity index (χ1) is 10.1. The Balaban J connectivity index is 1.91. The van der Waals surface area contributed by atoms with Gasteiger partial charge in [-0.3, -0.25) is 4.98 Å². The normalized spacial score (nSPS) is 10.8. The Hall–Kier alpha value is -2.13. The molecule has 0 unspecified atom stereocenters.